The Morgan fingerprint density at radius 2 is 1.81 bits per heavy atom. The topological polar surface area (TPSA) is 52.6 Å². The molecule has 1 aromatic rings. The maximum Gasteiger partial charge on any atom is 0.416 e. The number of likely N-dealkylation sites (tertiary alicyclic amines) is 1. The first-order chi connectivity index (χ1) is 12.7. The molecule has 2 N–H and O–H groups in total. The third kappa shape index (κ3) is 5.61. The molecule has 0 aliphatic carbocycles. The number of hydrogen-bond donors (Lipinski definition) is 2. The van der Waals surface area contributed by atoms with E-state index in [2.05, 4.69) is 19.2 Å². The number of piperidine rings is 1. The van der Waals surface area contributed by atoms with Gasteiger partial charge in [0.05, 0.1) is 11.2 Å². The highest BCUT2D eigenvalue weighted by Gasteiger charge is 2.39. The van der Waals surface area contributed by atoms with Gasteiger partial charge in [-0.15, -0.1) is 0 Å². The number of anilines is 1. The molecule has 0 aromatic heterocycles. The van der Waals surface area contributed by atoms with E-state index in [1.54, 1.807) is 4.90 Å². The Bertz CT molecular complexity index is 620. The van der Waals surface area contributed by atoms with Crippen LogP contribution in [0.15, 0.2) is 24.3 Å². The number of carbonyl (C=O) groups excluding carboxylic acids is 1. The molecule has 7 heteroatoms. The van der Waals surface area contributed by atoms with Gasteiger partial charge in [-0.2, -0.15) is 13.2 Å². The number of aliphatic hydroxyl groups is 1. The second-order valence-corrected chi connectivity index (χ2v) is 7.37. The highest BCUT2D eigenvalue weighted by atomic mass is 19.4. The van der Waals surface area contributed by atoms with Crippen LogP contribution < -0.4 is 5.32 Å². The van der Waals surface area contributed by atoms with Gasteiger partial charge in [0.1, 0.15) is 0 Å². The van der Waals surface area contributed by atoms with E-state index in [9.17, 15) is 23.1 Å². The summed E-state index contributed by atoms with van der Waals surface area (Å²) in [5, 5.41) is 13.6. The van der Waals surface area contributed by atoms with Gasteiger partial charge in [-0.05, 0) is 49.8 Å². The Morgan fingerprint density at radius 1 is 1.22 bits per heavy atom. The lowest BCUT2D eigenvalue weighted by Gasteiger charge is -2.43. The zero-order valence-corrected chi connectivity index (χ0v) is 16.0. The van der Waals surface area contributed by atoms with Crippen molar-refractivity contribution in [1.29, 1.82) is 0 Å². The molecule has 152 valence electrons. The molecule has 0 unspecified atom stereocenters. The van der Waals surface area contributed by atoms with Gasteiger partial charge >= 0.3 is 12.2 Å². The van der Waals surface area contributed by atoms with E-state index in [4.69, 9.17) is 0 Å². The molecule has 1 aromatic carbocycles. The molecular weight excluding hydrogens is 357 g/mol. The number of rotatable bonds is 6. The fourth-order valence-corrected chi connectivity index (χ4v) is 3.86. The largest absolute Gasteiger partial charge is 0.416 e. The summed E-state index contributed by atoms with van der Waals surface area (Å²) in [5.41, 5.74) is -1.44. The van der Waals surface area contributed by atoms with Gasteiger partial charge in [0.15, 0.2) is 0 Å². The molecule has 0 spiro atoms. The molecule has 2 rings (SSSR count). The first kappa shape index (κ1) is 21.5. The van der Waals surface area contributed by atoms with Crippen molar-refractivity contribution < 1.29 is 23.1 Å². The quantitative estimate of drug-likeness (QED) is 0.699. The molecule has 1 saturated heterocycles. The first-order valence-electron chi connectivity index (χ1n) is 9.65. The average molecular weight is 386 g/mol. The Morgan fingerprint density at radius 3 is 2.33 bits per heavy atom. The third-order valence-corrected chi connectivity index (χ3v) is 5.39. The first-order valence-corrected chi connectivity index (χ1v) is 9.65. The SMILES string of the molecule is CCCC(CCC)C1(O)CCN(C(=O)Nc2cccc(C(F)(F)F)c2)CC1. The van der Waals surface area contributed by atoms with Crippen LogP contribution in [0.2, 0.25) is 0 Å². The van der Waals surface area contributed by atoms with Crippen LogP contribution in [0.3, 0.4) is 0 Å². The number of alkyl halides is 3. The fourth-order valence-electron chi connectivity index (χ4n) is 3.86. The fraction of sp³-hybridized carbons (Fsp3) is 0.650. The summed E-state index contributed by atoms with van der Waals surface area (Å²) >= 11 is 0. The molecule has 2 amide bonds. The van der Waals surface area contributed by atoms with Crippen molar-refractivity contribution in [3.63, 3.8) is 0 Å². The van der Waals surface area contributed by atoms with E-state index in [1.165, 1.54) is 12.1 Å². The van der Waals surface area contributed by atoms with Crippen molar-refractivity contribution in [2.45, 2.75) is 64.1 Å². The molecule has 0 bridgehead atoms. The zero-order chi connectivity index (χ0) is 20.1. The van der Waals surface area contributed by atoms with Gasteiger partial charge in [0, 0.05) is 18.8 Å². The Hall–Kier alpha value is -1.76. The van der Waals surface area contributed by atoms with Crippen molar-refractivity contribution >= 4 is 11.7 Å². The van der Waals surface area contributed by atoms with Gasteiger partial charge in [-0.1, -0.05) is 32.8 Å². The minimum Gasteiger partial charge on any atom is -0.389 e. The van der Waals surface area contributed by atoms with Crippen molar-refractivity contribution in [2.75, 3.05) is 18.4 Å². The van der Waals surface area contributed by atoms with E-state index in [0.717, 1.165) is 37.8 Å². The van der Waals surface area contributed by atoms with E-state index in [1.807, 2.05) is 0 Å². The monoisotopic (exact) mass is 386 g/mol. The van der Waals surface area contributed by atoms with Gasteiger partial charge in [-0.3, -0.25) is 0 Å². The normalized spacial score (nSPS) is 17.2. The molecular formula is C20H29F3N2O2. The van der Waals surface area contributed by atoms with E-state index in [-0.39, 0.29) is 11.6 Å². The number of benzene rings is 1. The van der Waals surface area contributed by atoms with Crippen LogP contribution in [-0.2, 0) is 6.18 Å². The number of amides is 2. The number of carbonyl (C=O) groups is 1. The second-order valence-electron chi connectivity index (χ2n) is 7.37. The summed E-state index contributed by atoms with van der Waals surface area (Å²) in [4.78, 5) is 14.0. The molecule has 0 saturated carbocycles. The van der Waals surface area contributed by atoms with Crippen LogP contribution in [-0.4, -0.2) is 34.7 Å². The molecule has 27 heavy (non-hydrogen) atoms. The van der Waals surface area contributed by atoms with Gasteiger partial charge in [0.2, 0.25) is 0 Å². The van der Waals surface area contributed by atoms with Crippen molar-refractivity contribution in [3.8, 4) is 0 Å². The molecule has 1 aliphatic heterocycles. The molecule has 1 aliphatic rings. The highest BCUT2D eigenvalue weighted by Crippen LogP contribution is 2.36. The number of halogens is 3. The lowest BCUT2D eigenvalue weighted by molar-refractivity contribution is -0.137. The van der Waals surface area contributed by atoms with Crippen LogP contribution in [0.25, 0.3) is 0 Å². The maximum atomic E-state index is 12.8. The molecule has 0 radical (unpaired) electrons. The predicted octanol–water partition coefficient (Wildman–Crippen LogP) is 5.28. The van der Waals surface area contributed by atoms with E-state index in [0.29, 0.717) is 25.9 Å². The zero-order valence-electron chi connectivity index (χ0n) is 16.0. The predicted molar refractivity (Wildman–Crippen MR) is 99.5 cm³/mol. The number of nitrogens with zero attached hydrogens (tertiary/aromatic N) is 1. The summed E-state index contributed by atoms with van der Waals surface area (Å²) in [6.07, 6.45) is 0.470. The average Bonchev–Trinajstić information content (AvgIpc) is 2.61. The van der Waals surface area contributed by atoms with Crippen molar-refractivity contribution in [1.82, 2.24) is 4.90 Å². The summed E-state index contributed by atoms with van der Waals surface area (Å²) < 4.78 is 38.4. The highest BCUT2D eigenvalue weighted by molar-refractivity contribution is 5.89. The van der Waals surface area contributed by atoms with Crippen molar-refractivity contribution in [2.24, 2.45) is 5.92 Å². The Labute approximate surface area is 158 Å². The van der Waals surface area contributed by atoms with Crippen LogP contribution >= 0.6 is 0 Å². The summed E-state index contributed by atoms with van der Waals surface area (Å²) in [5.74, 6) is 0.223. The minimum atomic E-state index is -4.45. The third-order valence-electron chi connectivity index (χ3n) is 5.39. The molecule has 1 fully saturated rings. The molecule has 1 heterocycles. The number of hydrogen-bond acceptors (Lipinski definition) is 2. The lowest BCUT2D eigenvalue weighted by Crippen LogP contribution is -2.51. The lowest BCUT2D eigenvalue weighted by atomic mass is 9.75. The van der Waals surface area contributed by atoms with Gasteiger partial charge < -0.3 is 15.3 Å². The van der Waals surface area contributed by atoms with E-state index >= 15 is 0 Å². The second kappa shape index (κ2) is 8.95. The number of urea groups is 1. The Balaban J connectivity index is 1.97. The maximum absolute atomic E-state index is 12.8. The van der Waals surface area contributed by atoms with E-state index < -0.39 is 23.4 Å². The van der Waals surface area contributed by atoms with Gasteiger partial charge in [-0.25, -0.2) is 4.79 Å². The molecule has 0 atom stereocenters. The van der Waals surface area contributed by atoms with Gasteiger partial charge in [0.25, 0.3) is 0 Å². The smallest absolute Gasteiger partial charge is 0.389 e. The summed E-state index contributed by atoms with van der Waals surface area (Å²) in [7, 11) is 0. The van der Waals surface area contributed by atoms with Crippen LogP contribution in [0, 0.1) is 5.92 Å². The standard InChI is InChI=1S/C20H29F3N2O2/c1-3-6-15(7-4-2)19(27)10-12-25(13-11-19)18(26)24-17-9-5-8-16(14-17)20(21,22)23/h5,8-9,14-15,27H,3-4,6-7,10-13H2,1-2H3,(H,24,26). The summed E-state index contributed by atoms with van der Waals surface area (Å²) in [6.45, 7) is 4.99. The minimum absolute atomic E-state index is 0.116. The number of nitrogens with one attached hydrogen (secondary N) is 1. The van der Waals surface area contributed by atoms with Crippen LogP contribution in [0.1, 0.15) is 57.9 Å². The summed E-state index contributed by atoms with van der Waals surface area (Å²) in [6, 6.07) is 4.17. The van der Waals surface area contributed by atoms with Crippen LogP contribution in [0.4, 0.5) is 23.7 Å². The van der Waals surface area contributed by atoms with Crippen molar-refractivity contribution in [3.05, 3.63) is 29.8 Å². The van der Waals surface area contributed by atoms with Crippen LogP contribution in [0.5, 0.6) is 0 Å². The Kier molecular flexibility index (Phi) is 7.14. The molecule has 4 nitrogen and oxygen atoms in total.